The van der Waals surface area contributed by atoms with Crippen LogP contribution in [0.5, 0.6) is 0 Å². The molecule has 2 N–H and O–H groups in total. The number of piperidine rings is 1. The van der Waals surface area contributed by atoms with Gasteiger partial charge in [-0.2, -0.15) is 0 Å². The molecule has 0 bridgehead atoms. The van der Waals surface area contributed by atoms with Gasteiger partial charge < -0.3 is 15.3 Å². The highest BCUT2D eigenvalue weighted by Crippen LogP contribution is 2.30. The van der Waals surface area contributed by atoms with E-state index in [0.29, 0.717) is 18.7 Å². The number of amides is 2. The summed E-state index contributed by atoms with van der Waals surface area (Å²) in [5, 5.41) is 15.3. The van der Waals surface area contributed by atoms with Gasteiger partial charge >= 0.3 is 12.0 Å². The maximum Gasteiger partial charge on any atom is 0.335 e. The number of carbonyl (C=O) groups excluding carboxylic acids is 1. The van der Waals surface area contributed by atoms with Crippen LogP contribution < -0.4 is 5.32 Å². The predicted octanol–water partition coefficient (Wildman–Crippen LogP) is 3.88. The van der Waals surface area contributed by atoms with E-state index in [1.165, 1.54) is 0 Å². The van der Waals surface area contributed by atoms with Crippen LogP contribution in [0.15, 0.2) is 35.8 Å². The van der Waals surface area contributed by atoms with Crippen molar-refractivity contribution in [3.8, 4) is 0 Å². The largest absolute Gasteiger partial charge is 0.478 e. The van der Waals surface area contributed by atoms with E-state index in [2.05, 4.69) is 10.3 Å². The zero-order valence-corrected chi connectivity index (χ0v) is 15.5. The maximum atomic E-state index is 12.6. The molecule has 1 unspecified atom stereocenters. The molecule has 6 nitrogen and oxygen atoms in total. The van der Waals surface area contributed by atoms with Crippen LogP contribution in [0.2, 0.25) is 0 Å². The van der Waals surface area contributed by atoms with Crippen LogP contribution in [0.25, 0.3) is 0 Å². The number of carboxylic acid groups (broad SMARTS) is 1. The molecule has 1 fully saturated rings. The number of likely N-dealkylation sites (tertiary alicyclic amines) is 1. The molecule has 1 aliphatic rings. The Bertz CT molecular complexity index is 755. The lowest BCUT2D eigenvalue weighted by Gasteiger charge is -2.33. The lowest BCUT2D eigenvalue weighted by atomic mass is 9.86. The highest BCUT2D eigenvalue weighted by Gasteiger charge is 2.27. The molecule has 0 radical (unpaired) electrons. The van der Waals surface area contributed by atoms with Crippen molar-refractivity contribution in [3.05, 3.63) is 52.0 Å². The van der Waals surface area contributed by atoms with Gasteiger partial charge in [0.2, 0.25) is 0 Å². The highest BCUT2D eigenvalue weighted by molar-refractivity contribution is 7.09. The average Bonchev–Trinajstić information content (AvgIpc) is 3.20. The fourth-order valence-electron chi connectivity index (χ4n) is 3.43. The number of thiazole rings is 1. The predicted molar refractivity (Wildman–Crippen MR) is 101 cm³/mol. The van der Waals surface area contributed by atoms with Crippen LogP contribution in [0, 0.1) is 0 Å². The van der Waals surface area contributed by atoms with E-state index in [1.807, 2.05) is 29.3 Å². The molecule has 1 atom stereocenters. The summed E-state index contributed by atoms with van der Waals surface area (Å²) in [6, 6.07) is 7.03. The Kier molecular flexibility index (Phi) is 5.88. The second kappa shape index (κ2) is 8.31. The number of nitrogens with one attached hydrogen (secondary N) is 1. The van der Waals surface area contributed by atoms with E-state index in [4.69, 9.17) is 0 Å². The van der Waals surface area contributed by atoms with Gasteiger partial charge in [-0.25, -0.2) is 14.6 Å². The standard InChI is InChI=1S/C19H23N3O3S/c1-2-16(17-20-9-12-26-17)21-19(25)22-10-7-13(8-11-22)14-5-3-4-6-15(14)18(23)24/h3-6,9,12-13,16H,2,7-8,10-11H2,1H3,(H,21,25)(H,23,24). The first-order chi connectivity index (χ1) is 12.6. The summed E-state index contributed by atoms with van der Waals surface area (Å²) in [4.78, 5) is 30.1. The number of benzene rings is 1. The first-order valence-electron chi connectivity index (χ1n) is 8.87. The van der Waals surface area contributed by atoms with Gasteiger partial charge in [-0.05, 0) is 36.8 Å². The van der Waals surface area contributed by atoms with Crippen molar-refractivity contribution in [2.75, 3.05) is 13.1 Å². The van der Waals surface area contributed by atoms with Gasteiger partial charge in [-0.1, -0.05) is 25.1 Å². The smallest absolute Gasteiger partial charge is 0.335 e. The number of aromatic carboxylic acids is 1. The van der Waals surface area contributed by atoms with E-state index in [9.17, 15) is 14.7 Å². The second-order valence-corrected chi connectivity index (χ2v) is 7.36. The van der Waals surface area contributed by atoms with Crippen LogP contribution >= 0.6 is 11.3 Å². The summed E-state index contributed by atoms with van der Waals surface area (Å²) in [5.41, 5.74) is 1.24. The summed E-state index contributed by atoms with van der Waals surface area (Å²) in [6.45, 7) is 3.28. The monoisotopic (exact) mass is 373 g/mol. The lowest BCUT2D eigenvalue weighted by molar-refractivity contribution is 0.0694. The van der Waals surface area contributed by atoms with E-state index < -0.39 is 5.97 Å². The van der Waals surface area contributed by atoms with Gasteiger partial charge in [0, 0.05) is 24.7 Å². The molecule has 0 spiro atoms. The number of carboxylic acids is 1. The fraction of sp³-hybridized carbons (Fsp3) is 0.421. The Labute approximate surface area is 156 Å². The molecule has 1 aromatic heterocycles. The van der Waals surface area contributed by atoms with Crippen molar-refractivity contribution >= 4 is 23.3 Å². The molecule has 0 saturated carbocycles. The van der Waals surface area contributed by atoms with Crippen LogP contribution in [0.4, 0.5) is 4.79 Å². The Balaban J connectivity index is 1.60. The Morgan fingerprint density at radius 2 is 2.08 bits per heavy atom. The number of carbonyl (C=O) groups is 2. The van der Waals surface area contributed by atoms with Gasteiger partial charge in [0.25, 0.3) is 0 Å². The fourth-order valence-corrected chi connectivity index (χ4v) is 4.20. The van der Waals surface area contributed by atoms with E-state index in [-0.39, 0.29) is 18.0 Å². The maximum absolute atomic E-state index is 12.6. The minimum absolute atomic E-state index is 0.0621. The van der Waals surface area contributed by atoms with Crippen LogP contribution in [0.1, 0.15) is 59.1 Å². The number of aromatic nitrogens is 1. The van der Waals surface area contributed by atoms with Crippen molar-refractivity contribution in [2.45, 2.75) is 38.1 Å². The molecule has 1 aliphatic heterocycles. The molecule has 3 rings (SSSR count). The zero-order chi connectivity index (χ0) is 18.5. The van der Waals surface area contributed by atoms with E-state index in [0.717, 1.165) is 29.8 Å². The molecule has 2 aromatic rings. The SMILES string of the molecule is CCC(NC(=O)N1CCC(c2ccccc2C(=O)O)CC1)c1nccs1. The van der Waals surface area contributed by atoms with Crippen molar-refractivity contribution < 1.29 is 14.7 Å². The summed E-state index contributed by atoms with van der Waals surface area (Å²) in [5.74, 6) is -0.720. The van der Waals surface area contributed by atoms with Crippen LogP contribution in [-0.4, -0.2) is 40.1 Å². The third-order valence-electron chi connectivity index (χ3n) is 4.87. The quantitative estimate of drug-likeness (QED) is 0.833. The van der Waals surface area contributed by atoms with Crippen LogP contribution in [0.3, 0.4) is 0 Å². The minimum atomic E-state index is -0.894. The van der Waals surface area contributed by atoms with Gasteiger partial charge in [0.1, 0.15) is 5.01 Å². The van der Waals surface area contributed by atoms with Crippen LogP contribution in [-0.2, 0) is 0 Å². The first-order valence-corrected chi connectivity index (χ1v) is 9.75. The summed E-state index contributed by atoms with van der Waals surface area (Å²) in [7, 11) is 0. The van der Waals surface area contributed by atoms with E-state index in [1.54, 1.807) is 29.7 Å². The molecule has 26 heavy (non-hydrogen) atoms. The van der Waals surface area contributed by atoms with Gasteiger partial charge in [-0.3, -0.25) is 0 Å². The highest BCUT2D eigenvalue weighted by atomic mass is 32.1. The van der Waals surface area contributed by atoms with Crippen molar-refractivity contribution in [1.82, 2.24) is 15.2 Å². The molecule has 7 heteroatoms. The topological polar surface area (TPSA) is 82.5 Å². The third kappa shape index (κ3) is 4.04. The average molecular weight is 373 g/mol. The van der Waals surface area contributed by atoms with Crippen molar-refractivity contribution in [1.29, 1.82) is 0 Å². The van der Waals surface area contributed by atoms with Gasteiger partial charge in [0.15, 0.2) is 0 Å². The summed E-state index contributed by atoms with van der Waals surface area (Å²) in [6.07, 6.45) is 4.08. The van der Waals surface area contributed by atoms with Gasteiger partial charge in [-0.15, -0.1) is 11.3 Å². The Morgan fingerprint density at radius 1 is 1.35 bits per heavy atom. The molecular weight excluding hydrogens is 350 g/mol. The van der Waals surface area contributed by atoms with Crippen molar-refractivity contribution in [3.63, 3.8) is 0 Å². The molecule has 0 aliphatic carbocycles. The number of nitrogens with zero attached hydrogens (tertiary/aromatic N) is 2. The molecule has 1 saturated heterocycles. The molecule has 138 valence electrons. The first kappa shape index (κ1) is 18.4. The molecule has 2 heterocycles. The normalized spacial score (nSPS) is 16.3. The van der Waals surface area contributed by atoms with E-state index >= 15 is 0 Å². The zero-order valence-electron chi connectivity index (χ0n) is 14.7. The lowest BCUT2D eigenvalue weighted by Crippen LogP contribution is -2.45. The Hall–Kier alpha value is -2.41. The van der Waals surface area contributed by atoms with Gasteiger partial charge in [0.05, 0.1) is 11.6 Å². The summed E-state index contributed by atoms with van der Waals surface area (Å²) >= 11 is 1.55. The number of hydrogen-bond donors (Lipinski definition) is 2. The number of rotatable bonds is 5. The van der Waals surface area contributed by atoms with Crippen molar-refractivity contribution in [2.24, 2.45) is 0 Å². The number of urea groups is 1. The number of hydrogen-bond acceptors (Lipinski definition) is 4. The second-order valence-electron chi connectivity index (χ2n) is 6.43. The third-order valence-corrected chi connectivity index (χ3v) is 5.76. The molecule has 2 amide bonds. The molecular formula is C19H23N3O3S. The minimum Gasteiger partial charge on any atom is -0.478 e. The Morgan fingerprint density at radius 3 is 2.69 bits per heavy atom. The molecule has 1 aromatic carbocycles. The summed E-state index contributed by atoms with van der Waals surface area (Å²) < 4.78 is 0.